The van der Waals surface area contributed by atoms with Crippen molar-refractivity contribution in [3.63, 3.8) is 0 Å². The smallest absolute Gasteiger partial charge is 0.233 e. The number of hydrogen-bond donors (Lipinski definition) is 2. The lowest BCUT2D eigenvalue weighted by atomic mass is 10.0. The van der Waals surface area contributed by atoms with Gasteiger partial charge in [0.25, 0.3) is 0 Å². The van der Waals surface area contributed by atoms with E-state index in [0.29, 0.717) is 6.42 Å². The van der Waals surface area contributed by atoms with Gasteiger partial charge in [-0.2, -0.15) is 0 Å². The Labute approximate surface area is 136 Å². The van der Waals surface area contributed by atoms with E-state index in [1.54, 1.807) is 0 Å². The molecule has 1 unspecified atom stereocenters. The fraction of sp³-hybridized carbons (Fsp3) is 0.500. The van der Waals surface area contributed by atoms with Crippen molar-refractivity contribution in [2.24, 2.45) is 0 Å². The molecule has 1 fully saturated rings. The number of sulfone groups is 1. The van der Waals surface area contributed by atoms with Gasteiger partial charge >= 0.3 is 0 Å². The first-order valence-electron chi connectivity index (χ1n) is 7.54. The minimum absolute atomic E-state index is 0.0451. The van der Waals surface area contributed by atoms with Gasteiger partial charge in [0.15, 0.2) is 9.84 Å². The minimum atomic E-state index is -3.05. The first-order chi connectivity index (χ1) is 10.7. The Morgan fingerprint density at radius 1 is 1.13 bits per heavy atom. The van der Waals surface area contributed by atoms with E-state index < -0.39 is 21.7 Å². The fourth-order valence-electron chi connectivity index (χ4n) is 2.89. The second kappa shape index (κ2) is 6.70. The van der Waals surface area contributed by atoms with Gasteiger partial charge in [0.2, 0.25) is 11.8 Å². The predicted octanol–water partition coefficient (Wildman–Crippen LogP) is 1.24. The Kier molecular flexibility index (Phi) is 5.09. The van der Waals surface area contributed by atoms with Crippen molar-refractivity contribution >= 4 is 27.3 Å². The number of carbonyl (C=O) groups excluding carboxylic acids is 2. The van der Waals surface area contributed by atoms with E-state index in [4.69, 9.17) is 0 Å². The van der Waals surface area contributed by atoms with Crippen LogP contribution < -0.4 is 10.6 Å². The van der Waals surface area contributed by atoms with Crippen LogP contribution in [0.2, 0.25) is 0 Å². The summed E-state index contributed by atoms with van der Waals surface area (Å²) in [6.07, 6.45) is 0.0924. The van der Waals surface area contributed by atoms with Crippen LogP contribution in [0.15, 0.2) is 12.1 Å². The summed E-state index contributed by atoms with van der Waals surface area (Å²) in [5, 5.41) is 5.37. The maximum absolute atomic E-state index is 12.0. The first kappa shape index (κ1) is 17.5. The van der Waals surface area contributed by atoms with Crippen molar-refractivity contribution in [3.8, 4) is 0 Å². The molecule has 0 saturated carbocycles. The Morgan fingerprint density at radius 2 is 1.74 bits per heavy atom. The van der Waals surface area contributed by atoms with Crippen LogP contribution in [0.5, 0.6) is 0 Å². The molecule has 1 atom stereocenters. The van der Waals surface area contributed by atoms with Crippen LogP contribution in [0, 0.1) is 20.8 Å². The van der Waals surface area contributed by atoms with Gasteiger partial charge in [-0.05, 0) is 38.3 Å². The second-order valence-corrected chi connectivity index (χ2v) is 8.39. The van der Waals surface area contributed by atoms with Gasteiger partial charge in [-0.15, -0.1) is 0 Å². The topological polar surface area (TPSA) is 92.3 Å². The lowest BCUT2D eigenvalue weighted by Gasteiger charge is -2.14. The van der Waals surface area contributed by atoms with Gasteiger partial charge < -0.3 is 10.6 Å². The van der Waals surface area contributed by atoms with Crippen molar-refractivity contribution in [2.75, 3.05) is 16.8 Å². The first-order valence-corrected chi connectivity index (χ1v) is 9.36. The lowest BCUT2D eigenvalue weighted by molar-refractivity contribution is -0.127. The monoisotopic (exact) mass is 338 g/mol. The van der Waals surface area contributed by atoms with Crippen LogP contribution in [0.4, 0.5) is 5.69 Å². The molecule has 1 aromatic rings. The van der Waals surface area contributed by atoms with E-state index in [1.165, 1.54) is 0 Å². The third kappa shape index (κ3) is 4.79. The summed E-state index contributed by atoms with van der Waals surface area (Å²) in [5.41, 5.74) is 3.71. The molecule has 2 N–H and O–H groups in total. The molecule has 1 aliphatic rings. The number of rotatable bonds is 4. The van der Waals surface area contributed by atoms with Crippen molar-refractivity contribution in [2.45, 2.75) is 39.7 Å². The molecule has 1 heterocycles. The SMILES string of the molecule is Cc1cc(C)c(NC(=O)CC(=O)NC2CCS(=O)(=O)C2)c(C)c1. The highest BCUT2D eigenvalue weighted by molar-refractivity contribution is 7.91. The Bertz CT molecular complexity index is 717. The fourth-order valence-corrected chi connectivity index (χ4v) is 4.57. The van der Waals surface area contributed by atoms with Gasteiger partial charge in [0.1, 0.15) is 6.42 Å². The summed E-state index contributed by atoms with van der Waals surface area (Å²) >= 11 is 0. The van der Waals surface area contributed by atoms with Crippen LogP contribution in [-0.2, 0) is 19.4 Å². The third-order valence-electron chi connectivity index (χ3n) is 3.86. The zero-order valence-electron chi connectivity index (χ0n) is 13.6. The van der Waals surface area contributed by atoms with Gasteiger partial charge in [0, 0.05) is 11.7 Å². The highest BCUT2D eigenvalue weighted by Gasteiger charge is 2.29. The number of anilines is 1. The summed E-state index contributed by atoms with van der Waals surface area (Å²) in [7, 11) is -3.05. The predicted molar refractivity (Wildman–Crippen MR) is 89.1 cm³/mol. The van der Waals surface area contributed by atoms with E-state index in [2.05, 4.69) is 10.6 Å². The number of amides is 2. The molecule has 0 aromatic heterocycles. The molecule has 0 radical (unpaired) electrons. The number of benzene rings is 1. The summed E-state index contributed by atoms with van der Waals surface area (Å²) in [5.74, 6) is -0.812. The minimum Gasteiger partial charge on any atom is -0.352 e. The van der Waals surface area contributed by atoms with E-state index >= 15 is 0 Å². The number of hydrogen-bond acceptors (Lipinski definition) is 4. The molecule has 0 bridgehead atoms. The molecular formula is C16H22N2O4S. The molecule has 0 spiro atoms. The molecule has 6 nitrogen and oxygen atoms in total. The average molecular weight is 338 g/mol. The summed E-state index contributed by atoms with van der Waals surface area (Å²) < 4.78 is 22.7. The van der Waals surface area contributed by atoms with Crippen molar-refractivity contribution < 1.29 is 18.0 Å². The number of carbonyl (C=O) groups is 2. The molecule has 1 saturated heterocycles. The van der Waals surface area contributed by atoms with Crippen LogP contribution in [0.25, 0.3) is 0 Å². The van der Waals surface area contributed by atoms with Crippen molar-refractivity contribution in [1.82, 2.24) is 5.32 Å². The molecule has 126 valence electrons. The highest BCUT2D eigenvalue weighted by atomic mass is 32.2. The number of aryl methyl sites for hydroxylation is 3. The van der Waals surface area contributed by atoms with Gasteiger partial charge in [-0.1, -0.05) is 17.7 Å². The molecule has 1 aliphatic heterocycles. The van der Waals surface area contributed by atoms with Crippen LogP contribution in [-0.4, -0.2) is 37.8 Å². The molecule has 1 aromatic carbocycles. The van der Waals surface area contributed by atoms with Crippen LogP contribution in [0.1, 0.15) is 29.5 Å². The Hall–Kier alpha value is -1.89. The maximum atomic E-state index is 12.0. The molecular weight excluding hydrogens is 316 g/mol. The van der Waals surface area contributed by atoms with E-state index in [-0.39, 0.29) is 24.0 Å². The Morgan fingerprint density at radius 3 is 2.26 bits per heavy atom. The zero-order valence-corrected chi connectivity index (χ0v) is 14.4. The Balaban J connectivity index is 1.91. The van der Waals surface area contributed by atoms with Gasteiger partial charge in [-0.25, -0.2) is 8.42 Å². The largest absolute Gasteiger partial charge is 0.352 e. The maximum Gasteiger partial charge on any atom is 0.233 e. The van der Waals surface area contributed by atoms with E-state index in [9.17, 15) is 18.0 Å². The van der Waals surface area contributed by atoms with Crippen LogP contribution >= 0.6 is 0 Å². The second-order valence-electron chi connectivity index (χ2n) is 6.17. The quantitative estimate of drug-likeness (QED) is 0.808. The third-order valence-corrected chi connectivity index (χ3v) is 5.63. The van der Waals surface area contributed by atoms with Gasteiger partial charge in [0.05, 0.1) is 11.5 Å². The van der Waals surface area contributed by atoms with Crippen molar-refractivity contribution in [1.29, 1.82) is 0 Å². The molecule has 23 heavy (non-hydrogen) atoms. The normalized spacial score (nSPS) is 19.3. The number of nitrogens with one attached hydrogen (secondary N) is 2. The summed E-state index contributed by atoms with van der Waals surface area (Å²) in [4.78, 5) is 23.9. The lowest BCUT2D eigenvalue weighted by Crippen LogP contribution is -2.37. The highest BCUT2D eigenvalue weighted by Crippen LogP contribution is 2.22. The standard InChI is InChI=1S/C16H22N2O4S/c1-10-6-11(2)16(12(3)7-10)18-15(20)8-14(19)17-13-4-5-23(21,22)9-13/h6-7,13H,4-5,8-9H2,1-3H3,(H,17,19)(H,18,20). The average Bonchev–Trinajstić information content (AvgIpc) is 2.72. The van der Waals surface area contributed by atoms with E-state index in [0.717, 1.165) is 22.4 Å². The molecule has 2 rings (SSSR count). The van der Waals surface area contributed by atoms with Crippen molar-refractivity contribution in [3.05, 3.63) is 28.8 Å². The summed E-state index contributed by atoms with van der Waals surface area (Å²) in [6.45, 7) is 5.78. The molecule has 7 heteroatoms. The summed E-state index contributed by atoms with van der Waals surface area (Å²) in [6, 6.07) is 3.54. The molecule has 0 aliphatic carbocycles. The zero-order chi connectivity index (χ0) is 17.2. The van der Waals surface area contributed by atoms with E-state index in [1.807, 2.05) is 32.9 Å². The molecule has 2 amide bonds. The van der Waals surface area contributed by atoms with Crippen LogP contribution in [0.3, 0.4) is 0 Å². The van der Waals surface area contributed by atoms with Gasteiger partial charge in [-0.3, -0.25) is 9.59 Å².